The minimum Gasteiger partial charge on any atom is -0.341 e. The topological polar surface area (TPSA) is 21.1 Å². The quantitative estimate of drug-likeness (QED) is 0.485. The average Bonchev–Trinajstić information content (AvgIpc) is 3.16. The van der Waals surface area contributed by atoms with Crippen LogP contribution in [0.4, 0.5) is 4.39 Å². The zero-order chi connectivity index (χ0) is 21.2. The van der Waals surface area contributed by atoms with E-state index in [9.17, 15) is 0 Å². The number of benzene rings is 1. The van der Waals surface area contributed by atoms with Crippen LogP contribution in [-0.4, -0.2) is 26.5 Å². The van der Waals surface area contributed by atoms with E-state index >= 15 is 4.39 Å². The van der Waals surface area contributed by atoms with Gasteiger partial charge in [-0.3, -0.25) is 9.88 Å². The van der Waals surface area contributed by atoms with Crippen LogP contribution < -0.4 is 0 Å². The zero-order valence-corrected chi connectivity index (χ0v) is 18.9. The molecule has 0 amide bonds. The monoisotopic (exact) mass is 425 g/mol. The lowest BCUT2D eigenvalue weighted by Gasteiger charge is -2.39. The van der Waals surface area contributed by atoms with Gasteiger partial charge in [0.15, 0.2) is 5.67 Å². The van der Waals surface area contributed by atoms with Crippen LogP contribution in [0, 0.1) is 6.92 Å². The van der Waals surface area contributed by atoms with E-state index in [4.69, 9.17) is 11.6 Å². The number of aryl methyl sites for hydroxylation is 1. The van der Waals surface area contributed by atoms with Crippen molar-refractivity contribution in [1.82, 2.24) is 14.5 Å². The second kappa shape index (κ2) is 7.06. The first kappa shape index (κ1) is 20.0. The maximum atomic E-state index is 16.2. The van der Waals surface area contributed by atoms with Crippen LogP contribution in [-0.2, 0) is 18.6 Å². The number of fused-ring (bicyclic) bond motifs is 6. The largest absolute Gasteiger partial charge is 0.341 e. The molecule has 5 heteroatoms. The lowest BCUT2D eigenvalue weighted by Crippen LogP contribution is -2.42. The number of rotatable bonds is 4. The van der Waals surface area contributed by atoms with Gasteiger partial charge in [0.05, 0.1) is 6.54 Å². The first-order valence-corrected chi connectivity index (χ1v) is 11.3. The summed E-state index contributed by atoms with van der Waals surface area (Å²) in [6.45, 7) is 8.50. The molecule has 0 radical (unpaired) electrons. The summed E-state index contributed by atoms with van der Waals surface area (Å²) in [6, 6.07) is 9.32. The molecular formula is C25H29ClFN3. The molecule has 3 unspecified atom stereocenters. The van der Waals surface area contributed by atoms with Crippen molar-refractivity contribution in [3.05, 3.63) is 64.1 Å². The lowest BCUT2D eigenvalue weighted by molar-refractivity contribution is 0.128. The Bertz CT molecular complexity index is 1120. The van der Waals surface area contributed by atoms with Crippen LogP contribution >= 0.6 is 11.6 Å². The van der Waals surface area contributed by atoms with E-state index in [2.05, 4.69) is 40.4 Å². The highest BCUT2D eigenvalue weighted by Gasteiger charge is 2.44. The molecule has 2 aliphatic heterocycles. The molecule has 0 spiro atoms. The zero-order valence-electron chi connectivity index (χ0n) is 18.1. The molecule has 0 saturated carbocycles. The summed E-state index contributed by atoms with van der Waals surface area (Å²) in [5, 5.41) is 1.93. The van der Waals surface area contributed by atoms with Crippen molar-refractivity contribution in [3.63, 3.8) is 0 Å². The van der Waals surface area contributed by atoms with Gasteiger partial charge in [0.25, 0.3) is 0 Å². The van der Waals surface area contributed by atoms with Gasteiger partial charge in [-0.15, -0.1) is 0 Å². The van der Waals surface area contributed by atoms with Gasteiger partial charge in [-0.2, -0.15) is 0 Å². The molecule has 4 heterocycles. The number of hydrogen-bond donors (Lipinski definition) is 0. The number of hydrogen-bond acceptors (Lipinski definition) is 2. The predicted molar refractivity (Wildman–Crippen MR) is 121 cm³/mol. The Morgan fingerprint density at radius 1 is 1.27 bits per heavy atom. The van der Waals surface area contributed by atoms with E-state index in [1.807, 2.05) is 19.1 Å². The Morgan fingerprint density at radius 2 is 2.07 bits per heavy atom. The van der Waals surface area contributed by atoms with E-state index in [0.29, 0.717) is 30.2 Å². The Hall–Kier alpha value is -1.91. The van der Waals surface area contributed by atoms with Crippen LogP contribution in [0.2, 0.25) is 5.02 Å². The highest BCUT2D eigenvalue weighted by atomic mass is 35.5. The first-order valence-electron chi connectivity index (χ1n) is 11.0. The molecule has 2 bridgehead atoms. The summed E-state index contributed by atoms with van der Waals surface area (Å²) >= 11 is 6.42. The van der Waals surface area contributed by atoms with Crippen LogP contribution in [0.1, 0.15) is 62.0 Å². The van der Waals surface area contributed by atoms with Crippen LogP contribution in [0.15, 0.2) is 36.7 Å². The van der Waals surface area contributed by atoms with E-state index in [-0.39, 0.29) is 0 Å². The number of alkyl halides is 1. The summed E-state index contributed by atoms with van der Waals surface area (Å²) in [7, 11) is 0. The fourth-order valence-corrected chi connectivity index (χ4v) is 6.20. The third kappa shape index (κ3) is 2.99. The second-order valence-corrected chi connectivity index (χ2v) is 9.92. The molecule has 3 aromatic rings. The van der Waals surface area contributed by atoms with Gasteiger partial charge < -0.3 is 4.57 Å². The summed E-state index contributed by atoms with van der Waals surface area (Å²) in [6.07, 6.45) is 6.77. The van der Waals surface area contributed by atoms with Crippen molar-refractivity contribution in [1.29, 1.82) is 0 Å². The van der Waals surface area contributed by atoms with E-state index in [0.717, 1.165) is 28.9 Å². The Morgan fingerprint density at radius 3 is 2.80 bits per heavy atom. The van der Waals surface area contributed by atoms with E-state index in [1.165, 1.54) is 23.1 Å². The molecule has 5 rings (SSSR count). The molecule has 3 nitrogen and oxygen atoms in total. The van der Waals surface area contributed by atoms with Crippen molar-refractivity contribution in [3.8, 4) is 0 Å². The Balaban J connectivity index is 1.68. The highest BCUT2D eigenvalue weighted by molar-refractivity contribution is 6.31. The second-order valence-electron chi connectivity index (χ2n) is 9.49. The molecule has 2 aliphatic rings. The van der Waals surface area contributed by atoms with Gasteiger partial charge in [0.1, 0.15) is 0 Å². The fraction of sp³-hybridized carbons (Fsp3) is 0.480. The lowest BCUT2D eigenvalue weighted by atomic mass is 9.94. The van der Waals surface area contributed by atoms with Gasteiger partial charge >= 0.3 is 0 Å². The summed E-state index contributed by atoms with van der Waals surface area (Å²) < 4.78 is 18.4. The number of halogens is 2. The standard InChI is InChI=1S/C25H29ClFN3/c1-15(2)30-18-6-8-22(30)24-19-11-17(26)5-7-21(19)29(23(24)12-18)14-25(4,27)20-9-10-28-13-16(20)3/h5,7,9-11,13,15,18,22H,6,8,12,14H2,1-4H3. The normalized spacial score (nSPS) is 23.2. The SMILES string of the molecule is Cc1cnccc1C(C)(F)Cn1c2c(c3cc(Cl)ccc31)C1CCC(C2)N1C(C)C. The molecule has 0 aliphatic carbocycles. The molecule has 1 aromatic carbocycles. The summed E-state index contributed by atoms with van der Waals surface area (Å²) in [5.41, 5.74) is 3.88. The fourth-order valence-electron chi connectivity index (χ4n) is 6.03. The van der Waals surface area contributed by atoms with Crippen molar-refractivity contribution in [2.24, 2.45) is 0 Å². The molecule has 2 aromatic heterocycles. The van der Waals surface area contributed by atoms with Crippen LogP contribution in [0.25, 0.3) is 10.9 Å². The molecular weight excluding hydrogens is 397 g/mol. The van der Waals surface area contributed by atoms with Crippen LogP contribution in [0.3, 0.4) is 0 Å². The smallest absolute Gasteiger partial charge is 0.151 e. The van der Waals surface area contributed by atoms with Crippen LogP contribution in [0.5, 0.6) is 0 Å². The average molecular weight is 426 g/mol. The van der Waals surface area contributed by atoms with Gasteiger partial charge in [-0.25, -0.2) is 4.39 Å². The third-order valence-corrected chi connectivity index (χ3v) is 7.36. The molecule has 3 atom stereocenters. The minimum atomic E-state index is -1.49. The number of nitrogens with zero attached hydrogens (tertiary/aromatic N) is 3. The van der Waals surface area contributed by atoms with Crippen molar-refractivity contribution in [2.75, 3.05) is 0 Å². The van der Waals surface area contributed by atoms with E-state index < -0.39 is 5.67 Å². The maximum Gasteiger partial charge on any atom is 0.151 e. The third-order valence-electron chi connectivity index (χ3n) is 7.13. The summed E-state index contributed by atoms with van der Waals surface area (Å²) in [4.78, 5) is 6.81. The Labute approximate surface area is 182 Å². The van der Waals surface area contributed by atoms with E-state index in [1.54, 1.807) is 19.3 Å². The number of aromatic nitrogens is 2. The molecule has 158 valence electrons. The van der Waals surface area contributed by atoms with Crippen molar-refractivity contribution >= 4 is 22.5 Å². The molecule has 1 saturated heterocycles. The first-order chi connectivity index (χ1) is 14.3. The maximum absolute atomic E-state index is 16.2. The number of pyridine rings is 1. The van der Waals surface area contributed by atoms with Crippen molar-refractivity contribution in [2.45, 2.75) is 77.3 Å². The Kier molecular flexibility index (Phi) is 4.71. The molecule has 0 N–H and O–H groups in total. The van der Waals surface area contributed by atoms with Gasteiger partial charge in [-0.1, -0.05) is 11.6 Å². The van der Waals surface area contributed by atoms with Crippen molar-refractivity contribution < 1.29 is 4.39 Å². The predicted octanol–water partition coefficient (Wildman–Crippen LogP) is 6.35. The molecule has 30 heavy (non-hydrogen) atoms. The minimum absolute atomic E-state index is 0.298. The highest BCUT2D eigenvalue weighted by Crippen LogP contribution is 2.49. The molecule has 1 fully saturated rings. The van der Waals surface area contributed by atoms with Gasteiger partial charge in [-0.05, 0) is 81.5 Å². The van der Waals surface area contributed by atoms with Gasteiger partial charge in [0.2, 0.25) is 0 Å². The summed E-state index contributed by atoms with van der Waals surface area (Å²) in [5.74, 6) is 0. The van der Waals surface area contributed by atoms with Gasteiger partial charge in [0, 0.05) is 58.6 Å².